The number of hydrogen-bond acceptors (Lipinski definition) is 3. The highest BCUT2D eigenvalue weighted by Crippen LogP contribution is 2.24. The number of carbonyl (C=O) groups is 2. The van der Waals surface area contributed by atoms with Crippen LogP contribution in [0.2, 0.25) is 5.02 Å². The van der Waals surface area contributed by atoms with Crippen LogP contribution in [0.15, 0.2) is 24.3 Å². The fraction of sp³-hybridized carbons (Fsp3) is 0.500. The van der Waals surface area contributed by atoms with E-state index in [0.717, 1.165) is 24.2 Å². The summed E-state index contributed by atoms with van der Waals surface area (Å²) in [5, 5.41) is 0.558. The van der Waals surface area contributed by atoms with Gasteiger partial charge in [0.05, 0.1) is 11.2 Å². The lowest BCUT2D eigenvalue weighted by Crippen LogP contribution is -2.46. The van der Waals surface area contributed by atoms with Crippen molar-refractivity contribution in [1.29, 1.82) is 0 Å². The second-order valence-electron chi connectivity index (χ2n) is 5.61. The van der Waals surface area contributed by atoms with Crippen LogP contribution < -0.4 is 5.73 Å². The minimum atomic E-state index is -0.309. The maximum Gasteiger partial charge on any atom is 0.235 e. The van der Waals surface area contributed by atoms with Crippen LogP contribution >= 0.6 is 23.4 Å². The van der Waals surface area contributed by atoms with Gasteiger partial charge in [0.25, 0.3) is 0 Å². The average molecular weight is 341 g/mol. The number of amides is 2. The van der Waals surface area contributed by atoms with Gasteiger partial charge in [0, 0.05) is 23.9 Å². The third kappa shape index (κ3) is 4.65. The Morgan fingerprint density at radius 2 is 2.27 bits per heavy atom. The van der Waals surface area contributed by atoms with Gasteiger partial charge in [-0.2, -0.15) is 0 Å². The van der Waals surface area contributed by atoms with Crippen LogP contribution in [0.1, 0.15) is 25.3 Å². The molecule has 1 aromatic rings. The molecule has 1 fully saturated rings. The van der Waals surface area contributed by atoms with E-state index in [9.17, 15) is 9.59 Å². The minimum absolute atomic E-state index is 0.0815. The van der Waals surface area contributed by atoms with Gasteiger partial charge in [-0.15, -0.1) is 11.8 Å². The van der Waals surface area contributed by atoms with Crippen molar-refractivity contribution >= 4 is 35.2 Å². The molecule has 1 aromatic carbocycles. The number of rotatable bonds is 5. The Hall–Kier alpha value is -1.20. The molecule has 1 aliphatic heterocycles. The van der Waals surface area contributed by atoms with Gasteiger partial charge in [-0.1, -0.05) is 23.7 Å². The Labute approximate surface area is 140 Å². The molecule has 2 N–H and O–H groups in total. The van der Waals surface area contributed by atoms with Crippen molar-refractivity contribution in [3.63, 3.8) is 0 Å². The molecule has 0 aromatic heterocycles. The molecule has 1 aliphatic rings. The second kappa shape index (κ2) is 7.88. The molecule has 0 spiro atoms. The van der Waals surface area contributed by atoms with Crippen LogP contribution in [0, 0.1) is 5.92 Å². The normalized spacial score (nSPS) is 19.7. The third-order valence-electron chi connectivity index (χ3n) is 3.87. The number of piperidine rings is 1. The molecule has 2 amide bonds. The van der Waals surface area contributed by atoms with Gasteiger partial charge in [0.2, 0.25) is 11.8 Å². The van der Waals surface area contributed by atoms with E-state index in [1.54, 1.807) is 16.7 Å². The topological polar surface area (TPSA) is 63.4 Å². The summed E-state index contributed by atoms with van der Waals surface area (Å²) in [6.07, 6.45) is 1.62. The van der Waals surface area contributed by atoms with Crippen LogP contribution in [0.5, 0.6) is 0 Å². The van der Waals surface area contributed by atoms with Gasteiger partial charge in [0.1, 0.15) is 0 Å². The molecule has 1 heterocycles. The van der Waals surface area contributed by atoms with Crippen molar-refractivity contribution in [2.24, 2.45) is 11.7 Å². The van der Waals surface area contributed by atoms with Crippen molar-refractivity contribution in [2.45, 2.75) is 30.8 Å². The van der Waals surface area contributed by atoms with Gasteiger partial charge in [-0.3, -0.25) is 9.59 Å². The molecule has 2 rings (SSSR count). The van der Waals surface area contributed by atoms with Crippen LogP contribution in [0.3, 0.4) is 0 Å². The summed E-state index contributed by atoms with van der Waals surface area (Å²) in [5.74, 6) is 0.304. The Balaban J connectivity index is 1.87. The zero-order chi connectivity index (χ0) is 16.1. The lowest BCUT2D eigenvalue weighted by atomic mass is 9.97. The highest BCUT2D eigenvalue weighted by atomic mass is 35.5. The van der Waals surface area contributed by atoms with E-state index >= 15 is 0 Å². The lowest BCUT2D eigenvalue weighted by molar-refractivity contribution is -0.134. The summed E-state index contributed by atoms with van der Waals surface area (Å²) in [7, 11) is 0. The molecule has 0 unspecified atom stereocenters. The Morgan fingerprint density at radius 1 is 1.50 bits per heavy atom. The number of thioether (sulfide) groups is 1. The van der Waals surface area contributed by atoms with E-state index in [1.807, 2.05) is 31.2 Å². The zero-order valence-electron chi connectivity index (χ0n) is 12.6. The molecule has 6 heteroatoms. The van der Waals surface area contributed by atoms with Crippen molar-refractivity contribution in [1.82, 2.24) is 4.90 Å². The van der Waals surface area contributed by atoms with Crippen LogP contribution in [0.25, 0.3) is 0 Å². The number of primary amides is 1. The molecule has 22 heavy (non-hydrogen) atoms. The summed E-state index contributed by atoms with van der Waals surface area (Å²) in [4.78, 5) is 25.6. The van der Waals surface area contributed by atoms with Gasteiger partial charge < -0.3 is 10.6 Å². The first-order valence-electron chi connectivity index (χ1n) is 7.41. The van der Waals surface area contributed by atoms with E-state index in [-0.39, 0.29) is 23.0 Å². The van der Waals surface area contributed by atoms with Gasteiger partial charge in [-0.25, -0.2) is 0 Å². The summed E-state index contributed by atoms with van der Waals surface area (Å²) in [5.41, 5.74) is 6.46. The number of nitrogens with zero attached hydrogens (tertiary/aromatic N) is 1. The van der Waals surface area contributed by atoms with Crippen LogP contribution in [-0.2, 0) is 15.3 Å². The standard InChI is InChI=1S/C16H21ClN2O2S/c1-11(22-10-12-4-2-6-14(17)8-12)16(21)19-7-3-5-13(9-19)15(18)20/h2,4,6,8,11,13H,3,5,7,9-10H2,1H3,(H2,18,20)/t11-,13+/m0/s1. The zero-order valence-corrected chi connectivity index (χ0v) is 14.2. The van der Waals surface area contributed by atoms with E-state index < -0.39 is 0 Å². The molecule has 0 saturated carbocycles. The van der Waals surface area contributed by atoms with E-state index in [0.29, 0.717) is 18.1 Å². The predicted octanol–water partition coefficient (Wildman–Crippen LogP) is 2.69. The third-order valence-corrected chi connectivity index (χ3v) is 5.31. The summed E-state index contributed by atoms with van der Waals surface area (Å²) >= 11 is 7.55. The monoisotopic (exact) mass is 340 g/mol. The first kappa shape index (κ1) is 17.2. The largest absolute Gasteiger partial charge is 0.369 e. The van der Waals surface area contributed by atoms with Crippen molar-refractivity contribution < 1.29 is 9.59 Å². The summed E-state index contributed by atoms with van der Waals surface area (Å²) in [6.45, 7) is 3.08. The van der Waals surface area contributed by atoms with Crippen LogP contribution in [-0.4, -0.2) is 35.1 Å². The van der Waals surface area contributed by atoms with Crippen molar-refractivity contribution in [3.05, 3.63) is 34.9 Å². The first-order chi connectivity index (χ1) is 10.5. The molecule has 0 aliphatic carbocycles. The fourth-order valence-electron chi connectivity index (χ4n) is 2.59. The highest BCUT2D eigenvalue weighted by Gasteiger charge is 2.29. The number of carbonyl (C=O) groups excluding carboxylic acids is 2. The van der Waals surface area contributed by atoms with Crippen LogP contribution in [0.4, 0.5) is 0 Å². The van der Waals surface area contributed by atoms with Crippen molar-refractivity contribution in [3.8, 4) is 0 Å². The van der Waals surface area contributed by atoms with Crippen molar-refractivity contribution in [2.75, 3.05) is 13.1 Å². The Kier molecular flexibility index (Phi) is 6.15. The average Bonchev–Trinajstić information content (AvgIpc) is 2.52. The quantitative estimate of drug-likeness (QED) is 0.896. The molecule has 0 radical (unpaired) electrons. The molecule has 2 atom stereocenters. The predicted molar refractivity (Wildman–Crippen MR) is 90.7 cm³/mol. The number of halogens is 1. The molecule has 120 valence electrons. The van der Waals surface area contributed by atoms with E-state index in [1.165, 1.54) is 0 Å². The first-order valence-corrected chi connectivity index (χ1v) is 8.84. The summed E-state index contributed by atoms with van der Waals surface area (Å²) in [6, 6.07) is 7.66. The molecule has 4 nitrogen and oxygen atoms in total. The molecule has 1 saturated heterocycles. The molecule has 0 bridgehead atoms. The SMILES string of the molecule is C[C@H](SCc1cccc(Cl)c1)C(=O)N1CCC[C@@H](C(N)=O)C1. The van der Waals surface area contributed by atoms with Gasteiger partial charge in [-0.05, 0) is 37.5 Å². The van der Waals surface area contributed by atoms with E-state index in [2.05, 4.69) is 0 Å². The number of likely N-dealkylation sites (tertiary alicyclic amines) is 1. The maximum absolute atomic E-state index is 12.5. The number of benzene rings is 1. The Bertz CT molecular complexity index is 553. The summed E-state index contributed by atoms with van der Waals surface area (Å²) < 4.78 is 0. The van der Waals surface area contributed by atoms with E-state index in [4.69, 9.17) is 17.3 Å². The van der Waals surface area contributed by atoms with Gasteiger partial charge in [0.15, 0.2) is 0 Å². The fourth-order valence-corrected chi connectivity index (χ4v) is 3.71. The maximum atomic E-state index is 12.5. The van der Waals surface area contributed by atoms with Gasteiger partial charge >= 0.3 is 0 Å². The lowest BCUT2D eigenvalue weighted by Gasteiger charge is -2.32. The highest BCUT2D eigenvalue weighted by molar-refractivity contribution is 7.99. The number of nitrogens with two attached hydrogens (primary N) is 1. The number of hydrogen-bond donors (Lipinski definition) is 1. The second-order valence-corrected chi connectivity index (χ2v) is 7.37. The Morgan fingerprint density at radius 3 is 2.95 bits per heavy atom. The molecular weight excluding hydrogens is 320 g/mol. The minimum Gasteiger partial charge on any atom is -0.369 e. The molecular formula is C16H21ClN2O2S. The smallest absolute Gasteiger partial charge is 0.235 e.